The van der Waals surface area contributed by atoms with Crippen LogP contribution in [0.15, 0.2) is 125 Å². The van der Waals surface area contributed by atoms with Crippen LogP contribution in [0.1, 0.15) is 152 Å². The maximum absolute atomic E-state index is 11.7. The number of rotatable bonds is 9. The van der Waals surface area contributed by atoms with Crippen LogP contribution in [0.4, 0.5) is 0 Å². The summed E-state index contributed by atoms with van der Waals surface area (Å²) < 4.78 is 12.3. The molecule has 0 unspecified atom stereocenters. The predicted octanol–water partition coefficient (Wildman–Crippen LogP) is 13.5. The van der Waals surface area contributed by atoms with E-state index in [0.29, 0.717) is 11.1 Å². The van der Waals surface area contributed by atoms with E-state index in [4.69, 9.17) is 19.5 Å². The Labute approximate surface area is 383 Å². The summed E-state index contributed by atoms with van der Waals surface area (Å²) in [6.45, 7) is 27.5. The molecule has 331 valence electrons. The molecule has 6 rings (SSSR count). The van der Waals surface area contributed by atoms with Gasteiger partial charge in [0.25, 0.3) is 0 Å². The van der Waals surface area contributed by atoms with Gasteiger partial charge in [-0.3, -0.25) is 0 Å². The van der Waals surface area contributed by atoms with Crippen LogP contribution in [0, 0.1) is 6.35 Å². The van der Waals surface area contributed by atoms with Gasteiger partial charge in [-0.05, 0) is 91.0 Å². The fraction of sp³-hybridized carbons (Fsp3) is 0.400. The van der Waals surface area contributed by atoms with E-state index in [1.165, 1.54) is 19.3 Å². The van der Waals surface area contributed by atoms with Crippen LogP contribution in [-0.4, -0.2) is 35.9 Å². The standard InChI is InChI=1S/C50H59N2O3.C5H10O.Mn/c1-46(2,3)39-28-34(43(53)41(30-39)48(7,8)9)32-51-45(52-33-35-29-40(47(4,5)6)31-42(44(35)54)49(10,11)12)55-50(36-22-16-13-17-23-36,37-24-18-14-19-25-37)38-26-20-15-21-27-38;1-2-4-6-5-3-1;/h13-33,53-54H,1-12H3;1-5H2;/q-1;;. The first-order valence-corrected chi connectivity index (χ1v) is 21.8. The molecule has 2 N–H and O–H groups in total. The van der Waals surface area contributed by atoms with Crippen LogP contribution in [-0.2, 0) is 53.8 Å². The summed E-state index contributed by atoms with van der Waals surface area (Å²) in [5, 5.41) is 23.5. The van der Waals surface area contributed by atoms with Gasteiger partial charge in [0.05, 0.1) is 0 Å². The minimum atomic E-state index is -1.18. The smallest absolute Gasteiger partial charge is 0.150 e. The summed E-state index contributed by atoms with van der Waals surface area (Å²) in [5.74, 6) is 0.330. The summed E-state index contributed by atoms with van der Waals surface area (Å²) in [7, 11) is 0. The maximum Gasteiger partial charge on any atom is 0.150 e. The van der Waals surface area contributed by atoms with Gasteiger partial charge in [-0.2, -0.15) is 0 Å². The quantitative estimate of drug-likeness (QED) is 0.0669. The van der Waals surface area contributed by atoms with Crippen LogP contribution >= 0.6 is 0 Å². The third-order valence-corrected chi connectivity index (χ3v) is 11.1. The van der Waals surface area contributed by atoms with Crippen molar-refractivity contribution in [1.29, 1.82) is 0 Å². The zero-order valence-electron chi connectivity index (χ0n) is 39.1. The van der Waals surface area contributed by atoms with Gasteiger partial charge in [0.15, 0.2) is 0 Å². The number of hydrogen-bond acceptors (Lipinski definition) is 6. The van der Waals surface area contributed by atoms with Gasteiger partial charge in [0.1, 0.15) is 23.5 Å². The van der Waals surface area contributed by atoms with E-state index in [2.05, 4.69) is 95.2 Å². The minimum Gasteiger partial charge on any atom is -0.508 e. The third kappa shape index (κ3) is 12.5. The van der Waals surface area contributed by atoms with Gasteiger partial charge in [0, 0.05) is 30.3 Å². The van der Waals surface area contributed by atoms with Gasteiger partial charge in [-0.15, -0.1) is 0 Å². The Balaban J connectivity index is 0.00000111. The van der Waals surface area contributed by atoms with Gasteiger partial charge in [-0.1, -0.05) is 211 Å². The number of nitrogens with zero attached hydrogens (tertiary/aromatic N) is 2. The Hall–Kier alpha value is -4.65. The molecule has 0 atom stereocenters. The van der Waals surface area contributed by atoms with Crippen molar-refractivity contribution in [2.24, 2.45) is 9.98 Å². The normalized spacial score (nSPS) is 14.0. The topological polar surface area (TPSA) is 83.6 Å². The van der Waals surface area contributed by atoms with Gasteiger partial charge in [0.2, 0.25) is 0 Å². The number of ether oxygens (including phenoxy) is 2. The van der Waals surface area contributed by atoms with E-state index in [1.54, 1.807) is 12.4 Å². The summed E-state index contributed by atoms with van der Waals surface area (Å²) >= 11 is 0. The molecule has 0 aromatic heterocycles. The molecule has 1 saturated heterocycles. The summed E-state index contributed by atoms with van der Waals surface area (Å²) in [5.41, 5.74) is 5.42. The molecular weight excluding hydrogens is 808 g/mol. The zero-order chi connectivity index (χ0) is 44.6. The number of aliphatic imine (C=N–C) groups is 2. The number of phenolic OH excluding ortho intramolecular Hbond substituents is 2. The zero-order valence-corrected chi connectivity index (χ0v) is 40.3. The second-order valence-electron chi connectivity index (χ2n) is 20.3. The fourth-order valence-corrected chi connectivity index (χ4v) is 7.38. The number of hydrogen-bond donors (Lipinski definition) is 2. The maximum atomic E-state index is 11.7. The average Bonchev–Trinajstić information content (AvgIpc) is 3.21. The average molecular weight is 877 g/mol. The molecule has 1 aliphatic heterocycles. The molecule has 5 aromatic carbocycles. The predicted molar refractivity (Wildman–Crippen MR) is 254 cm³/mol. The molecule has 6 nitrogen and oxygen atoms in total. The van der Waals surface area contributed by atoms with E-state index >= 15 is 0 Å². The summed E-state index contributed by atoms with van der Waals surface area (Å²) in [4.78, 5) is 9.96. The van der Waals surface area contributed by atoms with E-state index in [-0.39, 0.29) is 56.6 Å². The molecule has 5 aromatic rings. The van der Waals surface area contributed by atoms with E-state index in [0.717, 1.165) is 52.2 Å². The fourth-order valence-electron chi connectivity index (χ4n) is 7.38. The molecule has 0 bridgehead atoms. The molecular formula is C55H69MnN2O4-. The van der Waals surface area contributed by atoms with Crippen molar-refractivity contribution in [3.63, 3.8) is 0 Å². The van der Waals surface area contributed by atoms with Crippen LogP contribution in [0.25, 0.3) is 0 Å². The summed E-state index contributed by atoms with van der Waals surface area (Å²) in [6, 6.07) is 38.4. The molecule has 7 heteroatoms. The largest absolute Gasteiger partial charge is 0.508 e. The Bertz CT molecular complexity index is 2040. The van der Waals surface area contributed by atoms with Crippen LogP contribution in [0.3, 0.4) is 0 Å². The number of phenols is 2. The molecule has 0 aliphatic carbocycles. The second-order valence-corrected chi connectivity index (χ2v) is 20.3. The first-order valence-electron chi connectivity index (χ1n) is 21.8. The van der Waals surface area contributed by atoms with E-state index in [9.17, 15) is 10.2 Å². The summed E-state index contributed by atoms with van der Waals surface area (Å²) in [6.07, 6.45) is 7.27. The van der Waals surface area contributed by atoms with Gasteiger partial charge < -0.3 is 29.7 Å². The Morgan fingerprint density at radius 1 is 0.484 bits per heavy atom. The van der Waals surface area contributed by atoms with Gasteiger partial charge >= 0.3 is 0 Å². The van der Waals surface area contributed by atoms with Gasteiger partial charge in [-0.25, -0.2) is 0 Å². The Kier molecular flexibility index (Phi) is 16.7. The van der Waals surface area contributed by atoms with Crippen LogP contribution in [0.2, 0.25) is 0 Å². The van der Waals surface area contributed by atoms with E-state index < -0.39 is 5.60 Å². The van der Waals surface area contributed by atoms with Crippen molar-refractivity contribution in [3.05, 3.63) is 172 Å². The van der Waals surface area contributed by atoms with Crippen molar-refractivity contribution in [1.82, 2.24) is 0 Å². The van der Waals surface area contributed by atoms with Crippen molar-refractivity contribution in [2.75, 3.05) is 13.2 Å². The molecule has 1 radical (unpaired) electrons. The van der Waals surface area contributed by atoms with Crippen molar-refractivity contribution >= 4 is 12.4 Å². The first kappa shape index (κ1) is 50.0. The second kappa shape index (κ2) is 20.7. The Morgan fingerprint density at radius 2 is 0.823 bits per heavy atom. The van der Waals surface area contributed by atoms with Crippen molar-refractivity contribution < 1.29 is 36.8 Å². The first-order chi connectivity index (χ1) is 28.6. The Morgan fingerprint density at radius 3 is 1.08 bits per heavy atom. The molecule has 1 heterocycles. The number of benzene rings is 5. The molecule has 62 heavy (non-hydrogen) atoms. The molecule has 0 amide bonds. The molecule has 1 aliphatic rings. The van der Waals surface area contributed by atoms with Crippen LogP contribution < -0.4 is 0 Å². The van der Waals surface area contributed by atoms with E-state index in [1.807, 2.05) is 103 Å². The SMILES string of the molecule is C1CCOCC1.CC(C)(C)c1cc(C=N[C-](N=Cc2cc(C(C)(C)C)cc(C(C)(C)C)c2O)OC(c2ccccc2)(c2ccccc2)c2ccccc2)c(O)c(C(C)(C)C)c1.[Mn]. The van der Waals surface area contributed by atoms with Crippen LogP contribution in [0.5, 0.6) is 11.5 Å². The van der Waals surface area contributed by atoms with Crippen molar-refractivity contribution in [2.45, 2.75) is 130 Å². The molecule has 0 saturated carbocycles. The monoisotopic (exact) mass is 876 g/mol. The molecule has 0 spiro atoms. The minimum absolute atomic E-state index is 0. The number of aromatic hydroxyl groups is 2. The van der Waals surface area contributed by atoms with Crippen molar-refractivity contribution in [3.8, 4) is 11.5 Å². The third-order valence-electron chi connectivity index (χ3n) is 11.1. The molecule has 1 fully saturated rings.